The van der Waals surface area contributed by atoms with E-state index in [0.717, 1.165) is 31.3 Å². The van der Waals surface area contributed by atoms with Crippen molar-refractivity contribution in [1.29, 1.82) is 0 Å². The highest BCUT2D eigenvalue weighted by molar-refractivity contribution is 6.25. The second kappa shape index (κ2) is 3.91. The van der Waals surface area contributed by atoms with Gasteiger partial charge in [0, 0.05) is 17.9 Å². The van der Waals surface area contributed by atoms with Crippen molar-refractivity contribution in [3.8, 4) is 0 Å². The van der Waals surface area contributed by atoms with Gasteiger partial charge in [-0.2, -0.15) is 0 Å². The highest BCUT2D eigenvalue weighted by Crippen LogP contribution is 2.27. The van der Waals surface area contributed by atoms with E-state index < -0.39 is 0 Å². The molecule has 0 aromatic carbocycles. The summed E-state index contributed by atoms with van der Waals surface area (Å²) in [6, 6.07) is 0. The molecular weight excluding hydrogens is 160 g/mol. The fourth-order valence-electron chi connectivity index (χ4n) is 1.54. The quantitative estimate of drug-likeness (QED) is 0.626. The van der Waals surface area contributed by atoms with Crippen molar-refractivity contribution in [1.82, 2.24) is 0 Å². The molecule has 1 fully saturated rings. The highest BCUT2D eigenvalue weighted by Gasteiger charge is 2.23. The third-order valence-corrected chi connectivity index (χ3v) is 2.56. The van der Waals surface area contributed by atoms with Crippen molar-refractivity contribution in [2.75, 3.05) is 0 Å². The molecule has 0 bridgehead atoms. The Kier molecular flexibility index (Phi) is 3.13. The van der Waals surface area contributed by atoms with E-state index >= 15 is 0 Å². The number of hydrogen-bond donors (Lipinski definition) is 0. The minimum absolute atomic E-state index is 0.269. The zero-order chi connectivity index (χ0) is 8.27. The Balaban J connectivity index is 2.43. The minimum atomic E-state index is 0.269. The monoisotopic (exact) mass is 172 g/mol. The van der Waals surface area contributed by atoms with Crippen LogP contribution < -0.4 is 0 Å². The maximum absolute atomic E-state index is 11.2. The number of carbonyl (C=O) groups is 1. The van der Waals surface area contributed by atoms with Crippen LogP contribution >= 0.6 is 11.6 Å². The lowest BCUT2D eigenvalue weighted by Gasteiger charge is -2.05. The van der Waals surface area contributed by atoms with E-state index in [4.69, 9.17) is 11.6 Å². The Morgan fingerprint density at radius 2 is 2.55 bits per heavy atom. The first-order valence-electron chi connectivity index (χ1n) is 4.02. The number of halogens is 1. The van der Waals surface area contributed by atoms with Gasteiger partial charge in [-0.05, 0) is 26.2 Å². The van der Waals surface area contributed by atoms with Crippen LogP contribution in [-0.2, 0) is 4.79 Å². The van der Waals surface area contributed by atoms with Gasteiger partial charge in [0.1, 0.15) is 5.78 Å². The van der Waals surface area contributed by atoms with Crippen LogP contribution in [0.2, 0.25) is 0 Å². The van der Waals surface area contributed by atoms with Gasteiger partial charge in [-0.15, -0.1) is 0 Å². The van der Waals surface area contributed by atoms with Crippen LogP contribution in [0.4, 0.5) is 0 Å². The maximum atomic E-state index is 11.2. The number of hydrogen-bond acceptors (Lipinski definition) is 1. The van der Waals surface area contributed by atoms with E-state index in [0.29, 0.717) is 5.78 Å². The van der Waals surface area contributed by atoms with E-state index in [9.17, 15) is 4.79 Å². The Morgan fingerprint density at radius 3 is 3.00 bits per heavy atom. The molecule has 0 spiro atoms. The molecule has 0 N–H and O–H groups in total. The first-order valence-corrected chi connectivity index (χ1v) is 4.46. The molecule has 0 radical (unpaired) electrons. The average Bonchev–Trinajstić information content (AvgIpc) is 2.37. The Hall–Kier alpha value is -0.300. The van der Waals surface area contributed by atoms with Gasteiger partial charge in [0.05, 0.1) is 0 Å². The van der Waals surface area contributed by atoms with Crippen molar-refractivity contribution in [2.24, 2.45) is 5.92 Å². The molecule has 0 aromatic rings. The van der Waals surface area contributed by atoms with Crippen molar-refractivity contribution in [2.45, 2.75) is 32.6 Å². The lowest BCUT2D eigenvalue weighted by atomic mass is 9.99. The van der Waals surface area contributed by atoms with Gasteiger partial charge in [0.25, 0.3) is 0 Å². The molecule has 2 heteroatoms. The molecule has 62 valence electrons. The van der Waals surface area contributed by atoms with E-state index in [2.05, 4.69) is 0 Å². The highest BCUT2D eigenvalue weighted by atomic mass is 35.5. The summed E-state index contributed by atoms with van der Waals surface area (Å²) in [7, 11) is 0. The standard InChI is InChI=1S/C9H13ClO/c1-7(6-10)5-8-3-2-4-9(8)11/h6,8H,2-5H2,1H3. The summed E-state index contributed by atoms with van der Waals surface area (Å²) in [6.07, 6.45) is 3.77. The first kappa shape index (κ1) is 8.79. The van der Waals surface area contributed by atoms with Crippen molar-refractivity contribution in [3.63, 3.8) is 0 Å². The van der Waals surface area contributed by atoms with E-state index in [-0.39, 0.29) is 5.92 Å². The van der Waals surface area contributed by atoms with Crippen LogP contribution in [0.3, 0.4) is 0 Å². The summed E-state index contributed by atoms with van der Waals surface area (Å²) < 4.78 is 0. The molecular formula is C9H13ClO. The number of Topliss-reactive ketones (excluding diaryl/α,β-unsaturated/α-hetero) is 1. The van der Waals surface area contributed by atoms with Crippen LogP contribution in [0.1, 0.15) is 32.6 Å². The van der Waals surface area contributed by atoms with E-state index in [1.165, 1.54) is 0 Å². The second-order valence-electron chi connectivity index (χ2n) is 3.22. The van der Waals surface area contributed by atoms with E-state index in [1.54, 1.807) is 5.54 Å². The summed E-state index contributed by atoms with van der Waals surface area (Å²) in [4.78, 5) is 11.2. The zero-order valence-corrected chi connectivity index (χ0v) is 7.53. The first-order chi connectivity index (χ1) is 5.24. The Morgan fingerprint density at radius 1 is 1.82 bits per heavy atom. The molecule has 1 rings (SSSR count). The van der Waals surface area contributed by atoms with Crippen molar-refractivity contribution < 1.29 is 4.79 Å². The molecule has 0 amide bonds. The molecule has 0 heterocycles. The molecule has 1 atom stereocenters. The van der Waals surface area contributed by atoms with Gasteiger partial charge in [0.2, 0.25) is 0 Å². The Labute approximate surface area is 72.4 Å². The van der Waals surface area contributed by atoms with Crippen LogP contribution in [0.5, 0.6) is 0 Å². The number of rotatable bonds is 2. The van der Waals surface area contributed by atoms with Gasteiger partial charge < -0.3 is 0 Å². The Bertz CT molecular complexity index is 184. The predicted molar refractivity (Wildman–Crippen MR) is 46.6 cm³/mol. The maximum Gasteiger partial charge on any atom is 0.136 e. The van der Waals surface area contributed by atoms with Gasteiger partial charge in [-0.25, -0.2) is 0 Å². The second-order valence-corrected chi connectivity index (χ2v) is 3.43. The average molecular weight is 173 g/mol. The summed E-state index contributed by atoms with van der Waals surface area (Å²) in [5.41, 5.74) is 2.69. The molecule has 1 unspecified atom stereocenters. The topological polar surface area (TPSA) is 17.1 Å². The normalized spacial score (nSPS) is 26.2. The van der Waals surface area contributed by atoms with Crippen molar-refractivity contribution in [3.05, 3.63) is 11.1 Å². The molecule has 1 aliphatic rings. The van der Waals surface area contributed by atoms with Gasteiger partial charge in [-0.1, -0.05) is 17.2 Å². The lowest BCUT2D eigenvalue weighted by Crippen LogP contribution is -2.05. The van der Waals surface area contributed by atoms with E-state index in [1.807, 2.05) is 6.92 Å². The number of allylic oxidation sites excluding steroid dienone is 1. The van der Waals surface area contributed by atoms with Crippen LogP contribution in [0.15, 0.2) is 11.1 Å². The van der Waals surface area contributed by atoms with Crippen LogP contribution in [0.25, 0.3) is 0 Å². The number of ketones is 1. The minimum Gasteiger partial charge on any atom is -0.299 e. The number of carbonyl (C=O) groups excluding carboxylic acids is 1. The van der Waals surface area contributed by atoms with Gasteiger partial charge in [0.15, 0.2) is 0 Å². The smallest absolute Gasteiger partial charge is 0.136 e. The molecule has 1 saturated carbocycles. The van der Waals surface area contributed by atoms with Crippen molar-refractivity contribution >= 4 is 17.4 Å². The third-order valence-electron chi connectivity index (χ3n) is 2.19. The fourth-order valence-corrected chi connectivity index (χ4v) is 1.63. The molecule has 0 aromatic heterocycles. The summed E-state index contributed by atoms with van der Waals surface area (Å²) in [5, 5.41) is 0. The molecule has 0 aliphatic heterocycles. The third kappa shape index (κ3) is 2.33. The molecule has 1 nitrogen and oxygen atoms in total. The fraction of sp³-hybridized carbons (Fsp3) is 0.667. The van der Waals surface area contributed by atoms with Crippen LogP contribution in [-0.4, -0.2) is 5.78 Å². The summed E-state index contributed by atoms with van der Waals surface area (Å²) >= 11 is 5.50. The molecule has 0 saturated heterocycles. The predicted octanol–water partition coefficient (Wildman–Crippen LogP) is 2.89. The SMILES string of the molecule is CC(=CCl)CC1CCCC1=O. The molecule has 1 aliphatic carbocycles. The van der Waals surface area contributed by atoms with Gasteiger partial charge in [-0.3, -0.25) is 4.79 Å². The summed E-state index contributed by atoms with van der Waals surface area (Å²) in [6.45, 7) is 1.97. The summed E-state index contributed by atoms with van der Waals surface area (Å²) in [5.74, 6) is 0.688. The zero-order valence-electron chi connectivity index (χ0n) is 6.77. The van der Waals surface area contributed by atoms with Crippen LogP contribution in [0, 0.1) is 5.92 Å². The largest absolute Gasteiger partial charge is 0.299 e. The lowest BCUT2D eigenvalue weighted by molar-refractivity contribution is -0.120. The molecule has 11 heavy (non-hydrogen) atoms. The van der Waals surface area contributed by atoms with Gasteiger partial charge >= 0.3 is 0 Å².